The molecule has 7 heteroatoms. The van der Waals surface area contributed by atoms with Crippen molar-refractivity contribution >= 4 is 17.6 Å². The lowest BCUT2D eigenvalue weighted by molar-refractivity contribution is -0.116. The van der Waals surface area contributed by atoms with Crippen molar-refractivity contribution in [3.05, 3.63) is 92.9 Å². The summed E-state index contributed by atoms with van der Waals surface area (Å²) in [4.78, 5) is 37.5. The highest BCUT2D eigenvalue weighted by Gasteiger charge is 2.38. The summed E-state index contributed by atoms with van der Waals surface area (Å²) in [6, 6.07) is 15.6. The minimum Gasteiger partial charge on any atom is -0.478 e. The summed E-state index contributed by atoms with van der Waals surface area (Å²) in [6.07, 6.45) is 1.92. The van der Waals surface area contributed by atoms with Crippen LogP contribution in [0.15, 0.2) is 70.7 Å². The molecule has 0 radical (unpaired) electrons. The predicted octanol–water partition coefficient (Wildman–Crippen LogP) is 3.43. The van der Waals surface area contributed by atoms with E-state index in [9.17, 15) is 19.5 Å². The number of carboxylic acid groups (broad SMARTS) is 1. The summed E-state index contributed by atoms with van der Waals surface area (Å²) in [5, 5.41) is 15.6. The van der Waals surface area contributed by atoms with Crippen LogP contribution in [0.4, 0.5) is 5.82 Å². The molecule has 7 nitrogen and oxygen atoms in total. The third kappa shape index (κ3) is 2.78. The van der Waals surface area contributed by atoms with Crippen LogP contribution in [-0.4, -0.2) is 26.6 Å². The fourth-order valence-electron chi connectivity index (χ4n) is 4.35. The summed E-state index contributed by atoms with van der Waals surface area (Å²) < 4.78 is 1.47. The zero-order valence-corrected chi connectivity index (χ0v) is 16.0. The molecule has 1 aliphatic carbocycles. The molecule has 0 amide bonds. The first kappa shape index (κ1) is 18.2. The largest absolute Gasteiger partial charge is 0.478 e. The van der Waals surface area contributed by atoms with Crippen molar-refractivity contribution in [3.8, 4) is 5.69 Å². The molecule has 2 aromatic carbocycles. The van der Waals surface area contributed by atoms with Crippen molar-refractivity contribution in [2.45, 2.75) is 25.2 Å². The van der Waals surface area contributed by atoms with E-state index in [0.29, 0.717) is 29.1 Å². The Labute approximate surface area is 171 Å². The first-order valence-corrected chi connectivity index (χ1v) is 9.81. The Bertz CT molecular complexity index is 1250. The third-order valence-electron chi connectivity index (χ3n) is 5.74. The van der Waals surface area contributed by atoms with Gasteiger partial charge in [-0.3, -0.25) is 14.7 Å². The number of anilines is 1. The molecular weight excluding hydrogens is 382 g/mol. The van der Waals surface area contributed by atoms with E-state index in [4.69, 9.17) is 0 Å². The van der Waals surface area contributed by atoms with Crippen LogP contribution < -0.4 is 10.9 Å². The van der Waals surface area contributed by atoms with E-state index in [0.717, 1.165) is 24.1 Å². The zero-order valence-electron chi connectivity index (χ0n) is 16.0. The Kier molecular flexibility index (Phi) is 4.17. The molecule has 0 saturated heterocycles. The zero-order chi connectivity index (χ0) is 20.8. The number of rotatable bonds is 3. The highest BCUT2D eigenvalue weighted by molar-refractivity contribution is 6.01. The topological polar surface area (TPSA) is 104 Å². The van der Waals surface area contributed by atoms with Crippen LogP contribution in [-0.2, 0) is 4.79 Å². The second-order valence-corrected chi connectivity index (χ2v) is 7.53. The number of hydrogen-bond acceptors (Lipinski definition) is 4. The van der Waals surface area contributed by atoms with E-state index in [1.807, 2.05) is 30.3 Å². The van der Waals surface area contributed by atoms with Gasteiger partial charge in [-0.1, -0.05) is 30.3 Å². The van der Waals surface area contributed by atoms with Crippen molar-refractivity contribution in [2.24, 2.45) is 0 Å². The van der Waals surface area contributed by atoms with E-state index in [2.05, 4.69) is 10.4 Å². The molecule has 0 saturated carbocycles. The molecule has 0 bridgehead atoms. The molecule has 1 atom stereocenters. The molecule has 1 aromatic heterocycles. The molecule has 1 aliphatic heterocycles. The Hall–Kier alpha value is -3.87. The number of ketones is 1. The average Bonchev–Trinajstić information content (AvgIpc) is 3.09. The second kappa shape index (κ2) is 6.88. The number of aromatic carboxylic acids is 1. The third-order valence-corrected chi connectivity index (χ3v) is 5.74. The van der Waals surface area contributed by atoms with Gasteiger partial charge in [0, 0.05) is 23.6 Å². The Morgan fingerprint density at radius 3 is 2.43 bits per heavy atom. The number of fused-ring (bicyclic) bond motifs is 1. The number of benzene rings is 2. The maximum absolute atomic E-state index is 13.4. The molecule has 0 fully saturated rings. The molecule has 2 aliphatic rings. The summed E-state index contributed by atoms with van der Waals surface area (Å²) >= 11 is 0. The van der Waals surface area contributed by atoms with Gasteiger partial charge in [-0.25, -0.2) is 9.48 Å². The van der Waals surface area contributed by atoms with Gasteiger partial charge in [0.1, 0.15) is 5.82 Å². The molecule has 150 valence electrons. The van der Waals surface area contributed by atoms with Gasteiger partial charge in [0.05, 0.1) is 16.8 Å². The number of nitrogens with one attached hydrogen (secondary N) is 2. The van der Waals surface area contributed by atoms with Gasteiger partial charge < -0.3 is 10.4 Å². The molecule has 3 N–H and O–H groups in total. The Balaban J connectivity index is 1.72. The molecule has 3 aromatic rings. The number of carbonyl (C=O) groups excluding carboxylic acids is 1. The van der Waals surface area contributed by atoms with Gasteiger partial charge in [0.15, 0.2) is 5.78 Å². The Morgan fingerprint density at radius 2 is 1.73 bits per heavy atom. The predicted molar refractivity (Wildman–Crippen MR) is 111 cm³/mol. The Morgan fingerprint density at radius 1 is 1.00 bits per heavy atom. The smallest absolute Gasteiger partial charge is 0.335 e. The van der Waals surface area contributed by atoms with Gasteiger partial charge >= 0.3 is 5.97 Å². The van der Waals surface area contributed by atoms with E-state index < -0.39 is 11.9 Å². The molecule has 2 heterocycles. The van der Waals surface area contributed by atoms with E-state index >= 15 is 0 Å². The highest BCUT2D eigenvalue weighted by Crippen LogP contribution is 2.43. The van der Waals surface area contributed by atoms with Crippen molar-refractivity contribution in [1.29, 1.82) is 0 Å². The molecule has 0 unspecified atom stereocenters. The highest BCUT2D eigenvalue weighted by atomic mass is 16.4. The van der Waals surface area contributed by atoms with Gasteiger partial charge in [-0.2, -0.15) is 0 Å². The maximum Gasteiger partial charge on any atom is 0.335 e. The van der Waals surface area contributed by atoms with E-state index in [-0.39, 0.29) is 16.9 Å². The van der Waals surface area contributed by atoms with Crippen molar-refractivity contribution in [2.75, 3.05) is 5.32 Å². The number of hydrogen-bond donors (Lipinski definition) is 3. The fourth-order valence-corrected chi connectivity index (χ4v) is 4.35. The van der Waals surface area contributed by atoms with Crippen LogP contribution in [0.2, 0.25) is 0 Å². The number of aromatic nitrogens is 2. The van der Waals surface area contributed by atoms with Crippen LogP contribution in [0.5, 0.6) is 0 Å². The normalized spacial score (nSPS) is 17.9. The van der Waals surface area contributed by atoms with E-state index in [1.165, 1.54) is 16.8 Å². The number of carboxylic acids is 1. The van der Waals surface area contributed by atoms with Gasteiger partial charge in [-0.05, 0) is 42.7 Å². The number of nitrogens with zero attached hydrogens (tertiary/aromatic N) is 1. The lowest BCUT2D eigenvalue weighted by Crippen LogP contribution is -2.29. The molecule has 0 spiro atoms. The summed E-state index contributed by atoms with van der Waals surface area (Å²) in [5.74, 6) is -0.965. The fraction of sp³-hybridized carbons (Fsp3) is 0.174. The maximum atomic E-state index is 13.4. The average molecular weight is 401 g/mol. The van der Waals surface area contributed by atoms with Gasteiger partial charge in [0.2, 0.25) is 0 Å². The number of allylic oxidation sites excluding steroid dienone is 2. The first-order valence-electron chi connectivity index (χ1n) is 9.81. The molecule has 5 rings (SSSR count). The number of H-pyrrole nitrogens is 1. The minimum atomic E-state index is -1.02. The SMILES string of the molecule is O=C1CCCC2=C1[C@H](c1ccc(C(=O)O)cc1)c1c([nH]n(-c3ccccc3)c1=O)N2. The monoisotopic (exact) mass is 401 g/mol. The molecule has 30 heavy (non-hydrogen) atoms. The number of para-hydroxylation sites is 1. The van der Waals surface area contributed by atoms with Crippen LogP contribution in [0, 0.1) is 0 Å². The number of aromatic amines is 1. The van der Waals surface area contributed by atoms with Crippen LogP contribution in [0.25, 0.3) is 5.69 Å². The van der Waals surface area contributed by atoms with Crippen molar-refractivity contribution in [3.63, 3.8) is 0 Å². The minimum absolute atomic E-state index is 0.0218. The number of carbonyl (C=O) groups is 2. The van der Waals surface area contributed by atoms with Gasteiger partial charge in [-0.15, -0.1) is 0 Å². The first-order chi connectivity index (χ1) is 14.5. The van der Waals surface area contributed by atoms with Crippen LogP contribution in [0.1, 0.15) is 46.7 Å². The molecular formula is C23H19N3O4. The van der Waals surface area contributed by atoms with Crippen molar-refractivity contribution in [1.82, 2.24) is 9.78 Å². The second-order valence-electron chi connectivity index (χ2n) is 7.53. The standard InChI is InChI=1S/C23H19N3O4/c27-17-8-4-7-16-19(17)18(13-9-11-14(12-10-13)23(29)30)20-21(24-16)25-26(22(20)28)15-5-2-1-3-6-15/h1-3,5-6,9-12,18,24-25H,4,7-8H2,(H,29,30)/t18-/m0/s1. The van der Waals surface area contributed by atoms with Crippen molar-refractivity contribution < 1.29 is 14.7 Å². The lowest BCUT2D eigenvalue weighted by atomic mass is 9.77. The summed E-state index contributed by atoms with van der Waals surface area (Å²) in [6.45, 7) is 0. The van der Waals surface area contributed by atoms with E-state index in [1.54, 1.807) is 12.1 Å². The van der Waals surface area contributed by atoms with Gasteiger partial charge in [0.25, 0.3) is 5.56 Å². The lowest BCUT2D eigenvalue weighted by Gasteiger charge is -2.31. The number of Topliss-reactive ketones (excluding diaryl/α,β-unsaturated/α-hetero) is 1. The van der Waals surface area contributed by atoms with Crippen LogP contribution >= 0.6 is 0 Å². The quantitative estimate of drug-likeness (QED) is 0.624. The summed E-state index contributed by atoms with van der Waals surface area (Å²) in [5.41, 5.74) is 3.25. The summed E-state index contributed by atoms with van der Waals surface area (Å²) in [7, 11) is 0. The van der Waals surface area contributed by atoms with Crippen LogP contribution in [0.3, 0.4) is 0 Å².